The van der Waals surface area contributed by atoms with Crippen molar-refractivity contribution in [2.24, 2.45) is 0 Å². The first kappa shape index (κ1) is 12.5. The maximum Gasteiger partial charge on any atom is 0.118 e. The van der Waals surface area contributed by atoms with E-state index in [1.54, 1.807) is 7.11 Å². The summed E-state index contributed by atoms with van der Waals surface area (Å²) in [4.78, 5) is 0.172. The van der Waals surface area contributed by atoms with Crippen molar-refractivity contribution in [2.75, 3.05) is 7.11 Å². The number of halogens is 2. The van der Waals surface area contributed by atoms with Crippen molar-refractivity contribution in [2.45, 2.75) is 4.83 Å². The average Bonchev–Trinajstić information content (AvgIpc) is 2.39. The molecule has 0 heterocycles. The molecule has 0 aliphatic rings. The fraction of sp³-hybridized carbons (Fsp3) is 0.143. The zero-order valence-corrected chi connectivity index (χ0v) is 11.7. The smallest absolute Gasteiger partial charge is 0.118 e. The van der Waals surface area contributed by atoms with E-state index in [-0.39, 0.29) is 4.83 Å². The van der Waals surface area contributed by atoms with E-state index < -0.39 is 0 Å². The van der Waals surface area contributed by atoms with Crippen LogP contribution in [-0.2, 0) is 0 Å². The number of hydrogen-bond acceptors (Lipinski definition) is 1. The summed E-state index contributed by atoms with van der Waals surface area (Å²) in [5, 5.41) is 0.753. The van der Waals surface area contributed by atoms with Gasteiger partial charge < -0.3 is 4.74 Å². The molecule has 0 saturated heterocycles. The first-order chi connectivity index (χ1) is 8.20. The normalized spacial score (nSPS) is 12.2. The Balaban J connectivity index is 2.23. The molecule has 0 amide bonds. The summed E-state index contributed by atoms with van der Waals surface area (Å²) in [7, 11) is 1.67. The van der Waals surface area contributed by atoms with Crippen molar-refractivity contribution in [3.63, 3.8) is 0 Å². The molecule has 0 radical (unpaired) electrons. The summed E-state index contributed by atoms with van der Waals surface area (Å²) >= 11 is 9.55. The number of ether oxygens (including phenoxy) is 1. The van der Waals surface area contributed by atoms with Gasteiger partial charge in [0, 0.05) is 5.02 Å². The van der Waals surface area contributed by atoms with Gasteiger partial charge in [0.05, 0.1) is 11.9 Å². The summed E-state index contributed by atoms with van der Waals surface area (Å²) in [5.41, 5.74) is 2.37. The molecular formula is C14H12BrClO. The third-order valence-electron chi connectivity index (χ3n) is 2.57. The van der Waals surface area contributed by atoms with Gasteiger partial charge in [-0.15, -0.1) is 0 Å². The van der Waals surface area contributed by atoms with Crippen LogP contribution >= 0.6 is 27.5 Å². The maximum absolute atomic E-state index is 5.87. The molecule has 0 aliphatic carbocycles. The van der Waals surface area contributed by atoms with Gasteiger partial charge in [0.15, 0.2) is 0 Å². The number of benzene rings is 2. The first-order valence-corrected chi connectivity index (χ1v) is 6.53. The Kier molecular flexibility index (Phi) is 4.08. The van der Waals surface area contributed by atoms with E-state index in [1.165, 1.54) is 11.1 Å². The van der Waals surface area contributed by atoms with Gasteiger partial charge in [0.25, 0.3) is 0 Å². The molecule has 0 bridgehead atoms. The van der Waals surface area contributed by atoms with Gasteiger partial charge >= 0.3 is 0 Å². The number of rotatable bonds is 3. The largest absolute Gasteiger partial charge is 0.497 e. The molecule has 2 aromatic carbocycles. The molecule has 2 aromatic rings. The van der Waals surface area contributed by atoms with Crippen LogP contribution in [0.15, 0.2) is 48.5 Å². The SMILES string of the molecule is COc1ccc(C(Br)c2ccc(Cl)cc2)cc1. The highest BCUT2D eigenvalue weighted by Gasteiger charge is 2.09. The van der Waals surface area contributed by atoms with Gasteiger partial charge in [-0.2, -0.15) is 0 Å². The zero-order valence-electron chi connectivity index (χ0n) is 9.36. The van der Waals surface area contributed by atoms with Crippen LogP contribution in [-0.4, -0.2) is 7.11 Å². The molecule has 0 spiro atoms. The maximum atomic E-state index is 5.87. The Morgan fingerprint density at radius 3 is 1.88 bits per heavy atom. The van der Waals surface area contributed by atoms with E-state index in [0.717, 1.165) is 10.8 Å². The second-order valence-electron chi connectivity index (χ2n) is 3.69. The van der Waals surface area contributed by atoms with Crippen molar-refractivity contribution < 1.29 is 4.74 Å². The van der Waals surface area contributed by atoms with E-state index in [9.17, 15) is 0 Å². The van der Waals surface area contributed by atoms with E-state index in [4.69, 9.17) is 16.3 Å². The van der Waals surface area contributed by atoms with Gasteiger partial charge in [0.2, 0.25) is 0 Å². The Morgan fingerprint density at radius 1 is 0.941 bits per heavy atom. The number of methoxy groups -OCH3 is 1. The van der Waals surface area contributed by atoms with Gasteiger partial charge in [-0.25, -0.2) is 0 Å². The topological polar surface area (TPSA) is 9.23 Å². The molecule has 1 atom stereocenters. The van der Waals surface area contributed by atoms with Crippen molar-refractivity contribution in [3.05, 3.63) is 64.7 Å². The molecule has 88 valence electrons. The lowest BCUT2D eigenvalue weighted by Crippen LogP contribution is -1.92. The first-order valence-electron chi connectivity index (χ1n) is 5.24. The zero-order chi connectivity index (χ0) is 12.3. The number of alkyl halides is 1. The molecule has 1 nitrogen and oxygen atoms in total. The van der Waals surface area contributed by atoms with Crippen LogP contribution in [0.4, 0.5) is 0 Å². The van der Waals surface area contributed by atoms with E-state index in [1.807, 2.05) is 48.5 Å². The molecule has 0 fully saturated rings. The highest BCUT2D eigenvalue weighted by molar-refractivity contribution is 9.09. The van der Waals surface area contributed by atoms with E-state index >= 15 is 0 Å². The Morgan fingerprint density at radius 2 is 1.41 bits per heavy atom. The molecule has 2 rings (SSSR count). The Labute approximate surface area is 115 Å². The summed E-state index contributed by atoms with van der Waals surface area (Å²) in [6.07, 6.45) is 0. The summed E-state index contributed by atoms with van der Waals surface area (Å²) in [6, 6.07) is 15.8. The average molecular weight is 312 g/mol. The van der Waals surface area contributed by atoms with Crippen LogP contribution in [0, 0.1) is 0 Å². The molecule has 0 saturated carbocycles. The quantitative estimate of drug-likeness (QED) is 0.738. The minimum atomic E-state index is 0.172. The predicted octanol–water partition coefficient (Wildman–Crippen LogP) is 4.83. The van der Waals surface area contributed by atoms with Crippen molar-refractivity contribution in [1.82, 2.24) is 0 Å². The van der Waals surface area contributed by atoms with Crippen LogP contribution in [0.3, 0.4) is 0 Å². The standard InChI is InChI=1S/C14H12BrClO/c1-17-13-8-4-11(5-9-13)14(15)10-2-6-12(16)7-3-10/h2-9,14H,1H3. The number of hydrogen-bond donors (Lipinski definition) is 0. The molecule has 0 N–H and O–H groups in total. The van der Waals surface area contributed by atoms with Gasteiger partial charge in [-0.05, 0) is 35.4 Å². The highest BCUT2D eigenvalue weighted by Crippen LogP contribution is 2.32. The fourth-order valence-corrected chi connectivity index (χ4v) is 2.33. The van der Waals surface area contributed by atoms with Crippen LogP contribution in [0.25, 0.3) is 0 Å². The minimum Gasteiger partial charge on any atom is -0.497 e. The third kappa shape index (κ3) is 3.02. The van der Waals surface area contributed by atoms with Crippen molar-refractivity contribution >= 4 is 27.5 Å². The van der Waals surface area contributed by atoms with Crippen molar-refractivity contribution in [1.29, 1.82) is 0 Å². The second-order valence-corrected chi connectivity index (χ2v) is 5.04. The van der Waals surface area contributed by atoms with E-state index in [2.05, 4.69) is 15.9 Å². The van der Waals surface area contributed by atoms with Crippen molar-refractivity contribution in [3.8, 4) is 5.75 Å². The Hall–Kier alpha value is -0.990. The van der Waals surface area contributed by atoms with Gasteiger partial charge in [-0.1, -0.05) is 51.8 Å². The summed E-state index contributed by atoms with van der Waals surface area (Å²) in [5.74, 6) is 0.865. The second kappa shape index (κ2) is 5.56. The molecule has 0 aromatic heterocycles. The van der Waals surface area contributed by atoms with Crippen LogP contribution in [0.2, 0.25) is 5.02 Å². The lowest BCUT2D eigenvalue weighted by atomic mass is 10.0. The summed E-state index contributed by atoms with van der Waals surface area (Å²) in [6.45, 7) is 0. The molecule has 17 heavy (non-hydrogen) atoms. The highest BCUT2D eigenvalue weighted by atomic mass is 79.9. The monoisotopic (exact) mass is 310 g/mol. The van der Waals surface area contributed by atoms with Gasteiger partial charge in [-0.3, -0.25) is 0 Å². The van der Waals surface area contributed by atoms with Crippen LogP contribution in [0.1, 0.15) is 16.0 Å². The lowest BCUT2D eigenvalue weighted by molar-refractivity contribution is 0.414. The molecule has 3 heteroatoms. The van der Waals surface area contributed by atoms with E-state index in [0.29, 0.717) is 0 Å². The molecular weight excluding hydrogens is 300 g/mol. The lowest BCUT2D eigenvalue weighted by Gasteiger charge is -2.11. The third-order valence-corrected chi connectivity index (χ3v) is 3.88. The summed E-state index contributed by atoms with van der Waals surface area (Å²) < 4.78 is 5.14. The minimum absolute atomic E-state index is 0.172. The van der Waals surface area contributed by atoms with Crippen LogP contribution < -0.4 is 4.74 Å². The Bertz CT molecular complexity index is 479. The predicted molar refractivity (Wildman–Crippen MR) is 75.2 cm³/mol. The van der Waals surface area contributed by atoms with Crippen LogP contribution in [0.5, 0.6) is 5.75 Å². The fourth-order valence-electron chi connectivity index (χ4n) is 1.60. The molecule has 1 unspecified atom stereocenters. The van der Waals surface area contributed by atoms with Gasteiger partial charge in [0.1, 0.15) is 5.75 Å². The molecule has 0 aliphatic heterocycles.